The Balaban J connectivity index is 2.41. The van der Waals surface area contributed by atoms with Crippen LogP contribution in [0.5, 0.6) is 0 Å². The van der Waals surface area contributed by atoms with Crippen molar-refractivity contribution < 1.29 is 4.79 Å². The van der Waals surface area contributed by atoms with E-state index in [9.17, 15) is 4.79 Å². The van der Waals surface area contributed by atoms with Crippen LogP contribution in [0, 0.1) is 0 Å². The standard InChI is InChI=1S/C11H21N5O/c1-11(2,15(3)4)8-13-10(17)7-16-6-9(12)5-14-16/h5-6H,7-8,12H2,1-4H3,(H,13,17). The summed E-state index contributed by atoms with van der Waals surface area (Å²) in [5.74, 6) is -0.0666. The number of aromatic nitrogens is 2. The number of hydrogen-bond acceptors (Lipinski definition) is 4. The van der Waals surface area contributed by atoms with Gasteiger partial charge >= 0.3 is 0 Å². The van der Waals surface area contributed by atoms with Crippen LogP contribution in [0.2, 0.25) is 0 Å². The zero-order valence-corrected chi connectivity index (χ0v) is 10.9. The molecule has 3 N–H and O–H groups in total. The first-order valence-corrected chi connectivity index (χ1v) is 5.53. The molecule has 0 fully saturated rings. The summed E-state index contributed by atoms with van der Waals surface area (Å²) in [4.78, 5) is 13.7. The number of carbonyl (C=O) groups is 1. The molecule has 17 heavy (non-hydrogen) atoms. The topological polar surface area (TPSA) is 76.2 Å². The Bertz CT molecular complexity index is 383. The van der Waals surface area contributed by atoms with E-state index in [1.165, 1.54) is 10.9 Å². The molecule has 0 aliphatic heterocycles. The Morgan fingerprint density at radius 1 is 1.59 bits per heavy atom. The minimum absolute atomic E-state index is 0.0666. The van der Waals surface area contributed by atoms with E-state index < -0.39 is 0 Å². The molecule has 1 rings (SSSR count). The molecule has 1 aromatic rings. The third-order valence-electron chi connectivity index (χ3n) is 2.89. The lowest BCUT2D eigenvalue weighted by Gasteiger charge is -2.32. The monoisotopic (exact) mass is 239 g/mol. The largest absolute Gasteiger partial charge is 0.396 e. The second-order valence-electron chi connectivity index (χ2n) is 4.95. The number of nitrogens with two attached hydrogens (primary N) is 1. The molecule has 1 heterocycles. The van der Waals surface area contributed by atoms with Gasteiger partial charge in [0.15, 0.2) is 0 Å². The lowest BCUT2D eigenvalue weighted by molar-refractivity contribution is -0.122. The van der Waals surface area contributed by atoms with Gasteiger partial charge in [0.05, 0.1) is 11.9 Å². The maximum Gasteiger partial charge on any atom is 0.241 e. The molecule has 6 nitrogen and oxygen atoms in total. The molecule has 0 atom stereocenters. The van der Waals surface area contributed by atoms with Crippen molar-refractivity contribution in [1.82, 2.24) is 20.0 Å². The molecule has 0 saturated carbocycles. The molecule has 0 aromatic carbocycles. The third kappa shape index (κ3) is 4.07. The first-order chi connectivity index (χ1) is 7.81. The highest BCUT2D eigenvalue weighted by Gasteiger charge is 2.20. The zero-order chi connectivity index (χ0) is 13.1. The summed E-state index contributed by atoms with van der Waals surface area (Å²) in [6.07, 6.45) is 3.16. The van der Waals surface area contributed by atoms with Gasteiger partial charge in [-0.3, -0.25) is 9.48 Å². The lowest BCUT2D eigenvalue weighted by atomic mass is 10.0. The minimum Gasteiger partial charge on any atom is -0.396 e. The molecule has 0 aliphatic carbocycles. The normalized spacial score (nSPS) is 11.8. The van der Waals surface area contributed by atoms with Crippen LogP contribution in [0.1, 0.15) is 13.8 Å². The van der Waals surface area contributed by atoms with E-state index in [0.29, 0.717) is 12.2 Å². The van der Waals surface area contributed by atoms with Gasteiger partial charge in [0, 0.05) is 18.3 Å². The molecule has 0 spiro atoms. The van der Waals surface area contributed by atoms with Crippen LogP contribution in [0.25, 0.3) is 0 Å². The minimum atomic E-state index is -0.0706. The van der Waals surface area contributed by atoms with Crippen molar-refractivity contribution in [3.05, 3.63) is 12.4 Å². The van der Waals surface area contributed by atoms with Crippen LogP contribution in [-0.2, 0) is 11.3 Å². The van der Waals surface area contributed by atoms with Gasteiger partial charge in [-0.2, -0.15) is 5.10 Å². The maximum atomic E-state index is 11.7. The molecule has 0 aliphatic rings. The summed E-state index contributed by atoms with van der Waals surface area (Å²) in [7, 11) is 3.97. The van der Waals surface area contributed by atoms with E-state index in [-0.39, 0.29) is 18.0 Å². The van der Waals surface area contributed by atoms with E-state index in [1.807, 2.05) is 14.1 Å². The van der Waals surface area contributed by atoms with Gasteiger partial charge in [-0.1, -0.05) is 0 Å². The average molecular weight is 239 g/mol. The predicted molar refractivity (Wildman–Crippen MR) is 67.4 cm³/mol. The Labute approximate surface area is 102 Å². The molecule has 0 bridgehead atoms. The number of hydrogen-bond donors (Lipinski definition) is 2. The molecular formula is C11H21N5O. The van der Waals surface area contributed by atoms with Gasteiger partial charge in [-0.05, 0) is 27.9 Å². The Morgan fingerprint density at radius 3 is 2.71 bits per heavy atom. The fourth-order valence-electron chi connectivity index (χ4n) is 1.14. The molecule has 0 saturated heterocycles. The van der Waals surface area contributed by atoms with E-state index in [0.717, 1.165) is 0 Å². The summed E-state index contributed by atoms with van der Waals surface area (Å²) in [5.41, 5.74) is 6.01. The van der Waals surface area contributed by atoms with Crippen LogP contribution < -0.4 is 11.1 Å². The van der Waals surface area contributed by atoms with Gasteiger partial charge in [0.2, 0.25) is 5.91 Å². The Morgan fingerprint density at radius 2 is 2.24 bits per heavy atom. The summed E-state index contributed by atoms with van der Waals surface area (Å²) < 4.78 is 1.52. The molecule has 0 radical (unpaired) electrons. The average Bonchev–Trinajstić information content (AvgIpc) is 2.61. The van der Waals surface area contributed by atoms with Crippen molar-refractivity contribution in [2.24, 2.45) is 0 Å². The first-order valence-electron chi connectivity index (χ1n) is 5.53. The van der Waals surface area contributed by atoms with E-state index in [4.69, 9.17) is 5.73 Å². The fraction of sp³-hybridized carbons (Fsp3) is 0.636. The lowest BCUT2D eigenvalue weighted by Crippen LogP contribution is -2.48. The number of nitrogens with one attached hydrogen (secondary N) is 1. The van der Waals surface area contributed by atoms with Crippen molar-refractivity contribution >= 4 is 11.6 Å². The zero-order valence-electron chi connectivity index (χ0n) is 10.9. The van der Waals surface area contributed by atoms with Crippen molar-refractivity contribution in [2.75, 3.05) is 26.4 Å². The number of anilines is 1. The van der Waals surface area contributed by atoms with Gasteiger partial charge in [-0.25, -0.2) is 0 Å². The van der Waals surface area contributed by atoms with E-state index >= 15 is 0 Å². The van der Waals surface area contributed by atoms with Gasteiger partial charge in [-0.15, -0.1) is 0 Å². The highest BCUT2D eigenvalue weighted by molar-refractivity contribution is 5.75. The number of nitrogens with zero attached hydrogens (tertiary/aromatic N) is 3. The van der Waals surface area contributed by atoms with Crippen LogP contribution in [0.3, 0.4) is 0 Å². The summed E-state index contributed by atoms with van der Waals surface area (Å²) >= 11 is 0. The predicted octanol–water partition coefficient (Wildman–Crippen LogP) is -0.0783. The molecular weight excluding hydrogens is 218 g/mol. The molecule has 96 valence electrons. The van der Waals surface area contributed by atoms with Gasteiger partial charge in [0.25, 0.3) is 0 Å². The second-order valence-corrected chi connectivity index (χ2v) is 4.95. The van der Waals surface area contributed by atoms with Crippen molar-refractivity contribution in [2.45, 2.75) is 25.9 Å². The van der Waals surface area contributed by atoms with Crippen molar-refractivity contribution in [1.29, 1.82) is 0 Å². The highest BCUT2D eigenvalue weighted by Crippen LogP contribution is 2.07. The summed E-state index contributed by atoms with van der Waals surface area (Å²) in [5, 5.41) is 6.84. The maximum absolute atomic E-state index is 11.7. The molecule has 1 aromatic heterocycles. The number of amides is 1. The summed E-state index contributed by atoms with van der Waals surface area (Å²) in [6, 6.07) is 0. The van der Waals surface area contributed by atoms with Gasteiger partial charge in [0.1, 0.15) is 6.54 Å². The molecule has 0 unspecified atom stereocenters. The van der Waals surface area contributed by atoms with Gasteiger partial charge < -0.3 is 16.0 Å². The molecule has 6 heteroatoms. The third-order valence-corrected chi connectivity index (χ3v) is 2.89. The van der Waals surface area contributed by atoms with Crippen molar-refractivity contribution in [3.63, 3.8) is 0 Å². The quantitative estimate of drug-likeness (QED) is 0.753. The second kappa shape index (κ2) is 5.18. The fourth-order valence-corrected chi connectivity index (χ4v) is 1.14. The van der Waals surface area contributed by atoms with Crippen LogP contribution in [-0.4, -0.2) is 46.8 Å². The van der Waals surface area contributed by atoms with Crippen LogP contribution in [0.15, 0.2) is 12.4 Å². The number of rotatable bonds is 5. The van der Waals surface area contributed by atoms with Crippen LogP contribution >= 0.6 is 0 Å². The number of carbonyl (C=O) groups excluding carboxylic acids is 1. The SMILES string of the molecule is CN(C)C(C)(C)CNC(=O)Cn1cc(N)cn1. The van der Waals surface area contributed by atoms with Crippen molar-refractivity contribution in [3.8, 4) is 0 Å². The van der Waals surface area contributed by atoms with E-state index in [2.05, 4.69) is 29.2 Å². The highest BCUT2D eigenvalue weighted by atomic mass is 16.2. The Hall–Kier alpha value is -1.56. The van der Waals surface area contributed by atoms with Crippen LogP contribution in [0.4, 0.5) is 5.69 Å². The Kier molecular flexibility index (Phi) is 4.11. The molecule has 1 amide bonds. The number of nitrogen functional groups attached to an aromatic ring is 1. The number of likely N-dealkylation sites (N-methyl/N-ethyl adjacent to an activating group) is 1. The van der Waals surface area contributed by atoms with E-state index in [1.54, 1.807) is 6.20 Å². The summed E-state index contributed by atoms with van der Waals surface area (Å²) in [6.45, 7) is 4.93. The smallest absolute Gasteiger partial charge is 0.241 e. The first kappa shape index (κ1) is 13.5.